The molecule has 20 heavy (non-hydrogen) atoms. The van der Waals surface area contributed by atoms with Gasteiger partial charge in [0.05, 0.1) is 17.9 Å². The van der Waals surface area contributed by atoms with E-state index in [0.29, 0.717) is 6.04 Å². The summed E-state index contributed by atoms with van der Waals surface area (Å²) in [4.78, 5) is 6.79. The molecule has 3 nitrogen and oxygen atoms in total. The number of pyridine rings is 1. The molecule has 0 saturated carbocycles. The zero-order valence-corrected chi connectivity index (χ0v) is 12.8. The SMILES string of the molecule is CNC(CCN1CCCC1C(C)C)c1ccc(F)cn1. The number of hydrogen-bond donors (Lipinski definition) is 1. The molecule has 2 heterocycles. The predicted octanol–water partition coefficient (Wildman–Crippen LogP) is 2.99. The fourth-order valence-corrected chi connectivity index (χ4v) is 3.21. The van der Waals surface area contributed by atoms with Crippen molar-refractivity contribution in [3.8, 4) is 0 Å². The van der Waals surface area contributed by atoms with Gasteiger partial charge in [-0.1, -0.05) is 13.8 Å². The van der Waals surface area contributed by atoms with Gasteiger partial charge in [0.25, 0.3) is 0 Å². The van der Waals surface area contributed by atoms with Crippen molar-refractivity contribution < 1.29 is 4.39 Å². The molecular weight excluding hydrogens is 253 g/mol. The third-order valence-electron chi connectivity index (χ3n) is 4.34. The van der Waals surface area contributed by atoms with Crippen molar-refractivity contribution in [3.05, 3.63) is 29.8 Å². The van der Waals surface area contributed by atoms with Gasteiger partial charge in [0, 0.05) is 12.6 Å². The lowest BCUT2D eigenvalue weighted by atomic mass is 10.0. The van der Waals surface area contributed by atoms with Crippen LogP contribution in [0.15, 0.2) is 18.3 Å². The summed E-state index contributed by atoms with van der Waals surface area (Å²) in [6, 6.07) is 4.18. The Morgan fingerprint density at radius 1 is 1.45 bits per heavy atom. The molecule has 1 aliphatic rings. The first-order valence-electron chi connectivity index (χ1n) is 7.64. The molecule has 0 amide bonds. The number of hydrogen-bond acceptors (Lipinski definition) is 3. The molecule has 2 rings (SSSR count). The molecular formula is C16H26FN3. The van der Waals surface area contributed by atoms with Crippen LogP contribution in [-0.4, -0.2) is 36.1 Å². The Morgan fingerprint density at radius 3 is 2.85 bits per heavy atom. The van der Waals surface area contributed by atoms with Crippen LogP contribution in [0.1, 0.15) is 44.8 Å². The van der Waals surface area contributed by atoms with Gasteiger partial charge in [-0.05, 0) is 50.9 Å². The van der Waals surface area contributed by atoms with Gasteiger partial charge < -0.3 is 10.2 Å². The lowest BCUT2D eigenvalue weighted by molar-refractivity contribution is 0.197. The summed E-state index contributed by atoms with van der Waals surface area (Å²) in [6.45, 7) is 6.89. The third kappa shape index (κ3) is 3.76. The molecule has 0 radical (unpaired) electrons. The summed E-state index contributed by atoms with van der Waals surface area (Å²) >= 11 is 0. The van der Waals surface area contributed by atoms with Crippen LogP contribution in [0, 0.1) is 11.7 Å². The van der Waals surface area contributed by atoms with Gasteiger partial charge in [-0.15, -0.1) is 0 Å². The average molecular weight is 279 g/mol. The van der Waals surface area contributed by atoms with Crippen molar-refractivity contribution in [2.24, 2.45) is 5.92 Å². The Morgan fingerprint density at radius 2 is 2.25 bits per heavy atom. The highest BCUT2D eigenvalue weighted by molar-refractivity contribution is 5.09. The zero-order chi connectivity index (χ0) is 14.5. The van der Waals surface area contributed by atoms with E-state index in [1.807, 2.05) is 7.05 Å². The average Bonchev–Trinajstić information content (AvgIpc) is 2.90. The molecule has 0 spiro atoms. The molecule has 0 bridgehead atoms. The monoisotopic (exact) mass is 279 g/mol. The van der Waals surface area contributed by atoms with E-state index in [4.69, 9.17) is 0 Å². The molecule has 1 N–H and O–H groups in total. The van der Waals surface area contributed by atoms with Crippen molar-refractivity contribution in [3.63, 3.8) is 0 Å². The van der Waals surface area contributed by atoms with Gasteiger partial charge in [0.1, 0.15) is 5.82 Å². The molecule has 112 valence electrons. The zero-order valence-electron chi connectivity index (χ0n) is 12.8. The summed E-state index contributed by atoms with van der Waals surface area (Å²) in [7, 11) is 1.94. The molecule has 2 atom stereocenters. The molecule has 2 unspecified atom stereocenters. The van der Waals surface area contributed by atoms with E-state index in [1.54, 1.807) is 6.07 Å². The second-order valence-corrected chi connectivity index (χ2v) is 6.02. The van der Waals surface area contributed by atoms with Gasteiger partial charge in [0.15, 0.2) is 0 Å². The highest BCUT2D eigenvalue weighted by atomic mass is 19.1. The predicted molar refractivity (Wildman–Crippen MR) is 80.0 cm³/mol. The Hall–Kier alpha value is -1.00. The van der Waals surface area contributed by atoms with Gasteiger partial charge in [0.2, 0.25) is 0 Å². The van der Waals surface area contributed by atoms with Crippen molar-refractivity contribution >= 4 is 0 Å². The normalized spacial score (nSPS) is 21.6. The number of likely N-dealkylation sites (tertiary alicyclic amines) is 1. The second-order valence-electron chi connectivity index (χ2n) is 6.02. The first-order chi connectivity index (χ1) is 9.61. The Balaban J connectivity index is 1.92. The van der Waals surface area contributed by atoms with Crippen LogP contribution in [0.25, 0.3) is 0 Å². The van der Waals surface area contributed by atoms with Crippen LogP contribution in [0.2, 0.25) is 0 Å². The minimum absolute atomic E-state index is 0.198. The molecule has 1 aromatic rings. The number of nitrogens with one attached hydrogen (secondary N) is 1. The lowest BCUT2D eigenvalue weighted by Gasteiger charge is -2.29. The molecule has 1 aromatic heterocycles. The van der Waals surface area contributed by atoms with Crippen LogP contribution >= 0.6 is 0 Å². The van der Waals surface area contributed by atoms with Crippen molar-refractivity contribution in [1.29, 1.82) is 0 Å². The lowest BCUT2D eigenvalue weighted by Crippen LogP contribution is -2.35. The van der Waals surface area contributed by atoms with E-state index >= 15 is 0 Å². The molecule has 4 heteroatoms. The number of aromatic nitrogens is 1. The van der Waals surface area contributed by atoms with E-state index in [1.165, 1.54) is 31.6 Å². The Labute approximate surface area is 121 Å². The number of halogens is 1. The fraction of sp³-hybridized carbons (Fsp3) is 0.688. The summed E-state index contributed by atoms with van der Waals surface area (Å²) < 4.78 is 12.9. The number of rotatable bonds is 6. The first kappa shape index (κ1) is 15.4. The summed E-state index contributed by atoms with van der Waals surface area (Å²) in [5, 5.41) is 3.29. The number of nitrogens with zero attached hydrogens (tertiary/aromatic N) is 2. The highest BCUT2D eigenvalue weighted by Crippen LogP contribution is 2.25. The summed E-state index contributed by atoms with van der Waals surface area (Å²) in [5.74, 6) is 0.442. The molecule has 1 aliphatic heterocycles. The van der Waals surface area contributed by atoms with Gasteiger partial charge in [-0.2, -0.15) is 0 Å². The van der Waals surface area contributed by atoms with Crippen LogP contribution in [0.4, 0.5) is 4.39 Å². The third-order valence-corrected chi connectivity index (χ3v) is 4.34. The van der Waals surface area contributed by atoms with E-state index in [9.17, 15) is 4.39 Å². The second kappa shape index (κ2) is 7.14. The Bertz CT molecular complexity index is 405. The Kier molecular flexibility index (Phi) is 5.49. The van der Waals surface area contributed by atoms with Gasteiger partial charge >= 0.3 is 0 Å². The maximum atomic E-state index is 12.9. The van der Waals surface area contributed by atoms with E-state index in [0.717, 1.165) is 24.6 Å². The maximum absolute atomic E-state index is 12.9. The van der Waals surface area contributed by atoms with Gasteiger partial charge in [-0.25, -0.2) is 4.39 Å². The first-order valence-corrected chi connectivity index (χ1v) is 7.64. The molecule has 1 saturated heterocycles. The van der Waals surface area contributed by atoms with E-state index in [2.05, 4.69) is 29.0 Å². The maximum Gasteiger partial charge on any atom is 0.141 e. The summed E-state index contributed by atoms with van der Waals surface area (Å²) in [5.41, 5.74) is 0.925. The van der Waals surface area contributed by atoms with Crippen LogP contribution in [0.5, 0.6) is 0 Å². The topological polar surface area (TPSA) is 28.2 Å². The molecule has 1 fully saturated rings. The minimum Gasteiger partial charge on any atom is -0.312 e. The van der Waals surface area contributed by atoms with Crippen molar-refractivity contribution in [2.75, 3.05) is 20.1 Å². The van der Waals surface area contributed by atoms with Crippen molar-refractivity contribution in [2.45, 2.75) is 45.2 Å². The standard InChI is InChI=1S/C16H26FN3/c1-12(2)16-5-4-9-20(16)10-8-14(18-3)15-7-6-13(17)11-19-15/h6-7,11-12,14,16,18H,4-5,8-10H2,1-3H3. The summed E-state index contributed by atoms with van der Waals surface area (Å²) in [6.07, 6.45) is 4.93. The van der Waals surface area contributed by atoms with E-state index in [-0.39, 0.29) is 11.9 Å². The van der Waals surface area contributed by atoms with Crippen LogP contribution in [-0.2, 0) is 0 Å². The quantitative estimate of drug-likeness (QED) is 0.867. The van der Waals surface area contributed by atoms with Crippen molar-refractivity contribution in [1.82, 2.24) is 15.2 Å². The highest BCUT2D eigenvalue weighted by Gasteiger charge is 2.27. The van der Waals surface area contributed by atoms with Crippen LogP contribution < -0.4 is 5.32 Å². The van der Waals surface area contributed by atoms with Crippen LogP contribution in [0.3, 0.4) is 0 Å². The minimum atomic E-state index is -0.275. The van der Waals surface area contributed by atoms with E-state index < -0.39 is 0 Å². The largest absolute Gasteiger partial charge is 0.312 e. The smallest absolute Gasteiger partial charge is 0.141 e. The molecule has 0 aromatic carbocycles. The fourth-order valence-electron chi connectivity index (χ4n) is 3.21. The van der Waals surface area contributed by atoms with Gasteiger partial charge in [-0.3, -0.25) is 4.98 Å². The molecule has 0 aliphatic carbocycles.